The largest absolute Gasteiger partial charge is 0.472 e. The van der Waals surface area contributed by atoms with E-state index in [1.54, 1.807) is 6.08 Å². The Morgan fingerprint density at radius 1 is 0.725 bits per heavy atom. The van der Waals surface area contributed by atoms with Crippen LogP contribution in [0, 0.1) is 5.92 Å². The minimum Gasteiger partial charge on any atom is -0.462 e. The molecule has 1 unspecified atom stereocenters. The van der Waals surface area contributed by atoms with Crippen molar-refractivity contribution in [3.63, 3.8) is 0 Å². The van der Waals surface area contributed by atoms with E-state index in [2.05, 4.69) is 31.4 Å². The molecule has 0 spiro atoms. The second-order valence-electron chi connectivity index (χ2n) is 13.3. The number of rotatable bonds is 34. The van der Waals surface area contributed by atoms with Crippen molar-refractivity contribution in [2.75, 3.05) is 26.4 Å². The van der Waals surface area contributed by atoms with E-state index in [4.69, 9.17) is 19.1 Å². The molecule has 0 aromatic carbocycles. The van der Waals surface area contributed by atoms with Crippen LogP contribution in [0.1, 0.15) is 136 Å². The first-order valence-electron chi connectivity index (χ1n) is 19.1. The van der Waals surface area contributed by atoms with Crippen LogP contribution in [0.15, 0.2) is 48.6 Å². The lowest BCUT2D eigenvalue weighted by molar-refractivity contribution is -0.161. The van der Waals surface area contributed by atoms with Crippen molar-refractivity contribution in [2.45, 2.75) is 155 Å². The number of unbranched alkanes of at least 4 members (excludes halogenated alkanes) is 10. The summed E-state index contributed by atoms with van der Waals surface area (Å²) in [6.07, 6.45) is 28.5. The Balaban J connectivity index is 4.52. The Kier molecular flexibility index (Phi) is 32.3. The van der Waals surface area contributed by atoms with Crippen molar-refractivity contribution < 1.29 is 52.9 Å². The first-order valence-corrected chi connectivity index (χ1v) is 20.6. The molecule has 12 heteroatoms. The summed E-state index contributed by atoms with van der Waals surface area (Å²) in [5.74, 6) is -0.314. The average molecular weight is 745 g/mol. The molecule has 0 rings (SSSR count). The Morgan fingerprint density at radius 2 is 1.37 bits per heavy atom. The molecule has 296 valence electrons. The van der Waals surface area contributed by atoms with Crippen LogP contribution in [0.5, 0.6) is 0 Å². The van der Waals surface area contributed by atoms with Crippen molar-refractivity contribution in [3.05, 3.63) is 48.6 Å². The van der Waals surface area contributed by atoms with Crippen LogP contribution in [0.25, 0.3) is 0 Å². The zero-order chi connectivity index (χ0) is 38.0. The van der Waals surface area contributed by atoms with Gasteiger partial charge in [0.1, 0.15) is 12.7 Å². The smallest absolute Gasteiger partial charge is 0.462 e. The molecule has 0 fully saturated rings. The molecule has 0 aliphatic heterocycles. The van der Waals surface area contributed by atoms with Crippen LogP contribution >= 0.6 is 7.82 Å². The number of allylic oxidation sites excluding steroid dienone is 6. The molecule has 0 aliphatic rings. The number of aliphatic hydroxyl groups excluding tert-OH is 3. The summed E-state index contributed by atoms with van der Waals surface area (Å²) >= 11 is 0. The highest BCUT2D eigenvalue weighted by atomic mass is 31.2. The maximum atomic E-state index is 12.5. The molecule has 0 aromatic heterocycles. The molecular weight excluding hydrogens is 675 g/mol. The van der Waals surface area contributed by atoms with E-state index in [9.17, 15) is 29.3 Å². The number of ether oxygens (including phenoxy) is 2. The lowest BCUT2D eigenvalue weighted by Crippen LogP contribution is -2.29. The van der Waals surface area contributed by atoms with Crippen molar-refractivity contribution in [1.82, 2.24) is 0 Å². The molecule has 0 heterocycles. The predicted octanol–water partition coefficient (Wildman–Crippen LogP) is 8.21. The van der Waals surface area contributed by atoms with Gasteiger partial charge in [0.2, 0.25) is 0 Å². The van der Waals surface area contributed by atoms with Crippen LogP contribution < -0.4 is 0 Å². The van der Waals surface area contributed by atoms with Gasteiger partial charge in [0.25, 0.3) is 0 Å². The van der Waals surface area contributed by atoms with E-state index in [1.165, 1.54) is 44.9 Å². The Morgan fingerprint density at radius 3 is 2.08 bits per heavy atom. The molecule has 11 nitrogen and oxygen atoms in total. The molecule has 4 N–H and O–H groups in total. The third kappa shape index (κ3) is 34.7. The minimum absolute atomic E-state index is 0.130. The monoisotopic (exact) mass is 744 g/mol. The van der Waals surface area contributed by atoms with E-state index in [1.807, 2.05) is 36.5 Å². The zero-order valence-corrected chi connectivity index (χ0v) is 32.5. The van der Waals surface area contributed by atoms with Gasteiger partial charge in [0, 0.05) is 12.8 Å². The number of carbonyl (C=O) groups is 2. The molecule has 0 bridgehead atoms. The van der Waals surface area contributed by atoms with Crippen LogP contribution in [0.2, 0.25) is 0 Å². The van der Waals surface area contributed by atoms with Crippen LogP contribution in [0.3, 0.4) is 0 Å². The van der Waals surface area contributed by atoms with Crippen LogP contribution in [-0.2, 0) is 32.7 Å². The lowest BCUT2D eigenvalue weighted by Gasteiger charge is -2.20. The molecule has 0 saturated heterocycles. The van der Waals surface area contributed by atoms with Gasteiger partial charge in [-0.3, -0.25) is 18.6 Å². The second-order valence-corrected chi connectivity index (χ2v) is 14.7. The van der Waals surface area contributed by atoms with E-state index in [0.29, 0.717) is 32.1 Å². The topological polar surface area (TPSA) is 169 Å². The number of carbonyl (C=O) groups excluding carboxylic acids is 2. The summed E-state index contributed by atoms with van der Waals surface area (Å²) < 4.78 is 32.4. The number of hydrogen-bond donors (Lipinski definition) is 4. The number of hydrogen-bond acceptors (Lipinski definition) is 10. The van der Waals surface area contributed by atoms with Crippen LogP contribution in [-0.4, -0.2) is 76.9 Å². The number of aliphatic hydroxyl groups is 3. The molecule has 0 amide bonds. The summed E-state index contributed by atoms with van der Waals surface area (Å²) in [4.78, 5) is 34.8. The Labute approximate surface area is 307 Å². The Bertz CT molecular complexity index is 1020. The number of phosphoric ester groups is 1. The van der Waals surface area contributed by atoms with Gasteiger partial charge in [0.05, 0.1) is 25.9 Å². The molecule has 0 aliphatic carbocycles. The van der Waals surface area contributed by atoms with Gasteiger partial charge >= 0.3 is 19.8 Å². The lowest BCUT2D eigenvalue weighted by atomic mass is 10.0. The maximum Gasteiger partial charge on any atom is 0.472 e. The summed E-state index contributed by atoms with van der Waals surface area (Å²) in [6.45, 7) is 4.40. The second kappa shape index (κ2) is 33.7. The third-order valence-electron chi connectivity index (χ3n) is 7.74. The molecular formula is C39H69O11P. The van der Waals surface area contributed by atoms with Crippen molar-refractivity contribution >= 4 is 19.8 Å². The quantitative estimate of drug-likeness (QED) is 0.0165. The van der Waals surface area contributed by atoms with Gasteiger partial charge in [-0.2, -0.15) is 0 Å². The Hall–Kier alpha value is -2.11. The molecule has 0 aromatic rings. The van der Waals surface area contributed by atoms with Crippen molar-refractivity contribution in [3.8, 4) is 0 Å². The van der Waals surface area contributed by atoms with E-state index in [-0.39, 0.29) is 19.4 Å². The molecule has 0 radical (unpaired) electrons. The van der Waals surface area contributed by atoms with Gasteiger partial charge in [-0.1, -0.05) is 127 Å². The van der Waals surface area contributed by atoms with Gasteiger partial charge in [-0.05, 0) is 50.9 Å². The average Bonchev–Trinajstić information content (AvgIpc) is 3.09. The number of phosphoric acid groups is 1. The molecule has 0 saturated carbocycles. The fourth-order valence-electron chi connectivity index (χ4n) is 4.72. The van der Waals surface area contributed by atoms with Gasteiger partial charge in [0.15, 0.2) is 6.10 Å². The third-order valence-corrected chi connectivity index (χ3v) is 8.70. The van der Waals surface area contributed by atoms with Gasteiger partial charge in [-0.25, -0.2) is 4.57 Å². The normalized spacial score (nSPS) is 15.3. The summed E-state index contributed by atoms with van der Waals surface area (Å²) in [7, 11) is -4.64. The van der Waals surface area contributed by atoms with E-state index >= 15 is 0 Å². The van der Waals surface area contributed by atoms with Gasteiger partial charge in [-0.15, -0.1) is 0 Å². The fraction of sp³-hybridized carbons (Fsp3) is 0.744. The summed E-state index contributed by atoms with van der Waals surface area (Å²) in [5.41, 5.74) is 0. The predicted molar refractivity (Wildman–Crippen MR) is 202 cm³/mol. The van der Waals surface area contributed by atoms with Crippen molar-refractivity contribution in [2.24, 2.45) is 5.92 Å². The van der Waals surface area contributed by atoms with E-state index in [0.717, 1.165) is 31.6 Å². The van der Waals surface area contributed by atoms with Crippen LogP contribution in [0.4, 0.5) is 0 Å². The maximum absolute atomic E-state index is 12.5. The summed E-state index contributed by atoms with van der Waals surface area (Å²) in [5, 5.41) is 28.3. The fourth-order valence-corrected chi connectivity index (χ4v) is 5.51. The van der Waals surface area contributed by atoms with Crippen molar-refractivity contribution in [1.29, 1.82) is 0 Å². The highest BCUT2D eigenvalue weighted by Crippen LogP contribution is 2.43. The SMILES string of the molecule is CCCCC/C=C\C=C/[C@@H](O)C/C=C\C/C=C/CCCC(=O)OC[C@H](COP(=O)(O)OC[C@@H](O)CO)OC(=O)CCCCCCCCCC(C)C. The van der Waals surface area contributed by atoms with E-state index < -0.39 is 57.9 Å². The highest BCUT2D eigenvalue weighted by Gasteiger charge is 2.27. The van der Waals surface area contributed by atoms with Gasteiger partial charge < -0.3 is 29.7 Å². The summed E-state index contributed by atoms with van der Waals surface area (Å²) in [6, 6.07) is 0. The highest BCUT2D eigenvalue weighted by molar-refractivity contribution is 7.47. The minimum atomic E-state index is -4.64. The zero-order valence-electron chi connectivity index (χ0n) is 31.6. The first-order chi connectivity index (χ1) is 24.5. The standard InChI is InChI=1S/C39H69O11P/c1-4-5-6-7-10-16-21-26-35(41)27-22-17-12-9-13-18-23-28-38(43)47-32-37(33-49-51(45,46)48-31-36(42)30-40)50-39(44)29-24-19-14-8-11-15-20-25-34(2)3/h9-10,13,16-17,21-22,26,34-37,40-42H,4-8,11-12,14-15,18-20,23-25,27-33H2,1-3H3,(H,45,46)/b13-9+,16-10-,22-17-,26-21-/t35-,36+,37-/m1/s1. The first kappa shape index (κ1) is 48.9. The molecule has 51 heavy (non-hydrogen) atoms. The molecule has 4 atom stereocenters. The number of esters is 2.